The highest BCUT2D eigenvalue weighted by molar-refractivity contribution is 5.91. The summed E-state index contributed by atoms with van der Waals surface area (Å²) < 4.78 is 5.61. The predicted molar refractivity (Wildman–Crippen MR) is 93.8 cm³/mol. The van der Waals surface area contributed by atoms with Crippen molar-refractivity contribution in [2.24, 2.45) is 0 Å². The highest BCUT2D eigenvalue weighted by atomic mass is 16.5. The third-order valence-corrected chi connectivity index (χ3v) is 4.89. The maximum Gasteiger partial charge on any atom is 0.321 e. The first kappa shape index (κ1) is 14.7. The van der Waals surface area contributed by atoms with E-state index in [2.05, 4.69) is 12.1 Å². The molecule has 2 nitrogen and oxygen atoms in total. The van der Waals surface area contributed by atoms with Gasteiger partial charge in [-0.2, -0.15) is 0 Å². The van der Waals surface area contributed by atoms with E-state index in [-0.39, 0.29) is 11.9 Å². The number of esters is 1. The molecule has 1 unspecified atom stereocenters. The van der Waals surface area contributed by atoms with Gasteiger partial charge in [0.25, 0.3) is 0 Å². The number of hydrogen-bond acceptors (Lipinski definition) is 2. The van der Waals surface area contributed by atoms with E-state index in [0.717, 1.165) is 16.7 Å². The van der Waals surface area contributed by atoms with E-state index in [4.69, 9.17) is 4.74 Å². The lowest BCUT2D eigenvalue weighted by Crippen LogP contribution is -2.38. The van der Waals surface area contributed by atoms with Crippen molar-refractivity contribution in [2.45, 2.75) is 11.3 Å². The van der Waals surface area contributed by atoms with Gasteiger partial charge in [0.15, 0.2) is 0 Å². The molecule has 3 aromatic carbocycles. The minimum absolute atomic E-state index is 0.0454. The molecule has 1 fully saturated rings. The molecule has 4 rings (SSSR count). The summed E-state index contributed by atoms with van der Waals surface area (Å²) >= 11 is 0. The fraction of sp³-hybridized carbons (Fsp3) is 0.136. The van der Waals surface area contributed by atoms with Crippen molar-refractivity contribution in [3.8, 4) is 0 Å². The van der Waals surface area contributed by atoms with Crippen molar-refractivity contribution in [3.05, 3.63) is 108 Å². The normalized spacial score (nSPS) is 19.0. The maximum atomic E-state index is 13.1. The number of hydrogen-bond donors (Lipinski definition) is 0. The Morgan fingerprint density at radius 1 is 0.708 bits per heavy atom. The second-order valence-electron chi connectivity index (χ2n) is 6.10. The zero-order valence-electron chi connectivity index (χ0n) is 13.3. The summed E-state index contributed by atoms with van der Waals surface area (Å²) in [5, 5.41) is 0. The molecule has 0 bridgehead atoms. The first-order valence-electron chi connectivity index (χ1n) is 8.16. The molecular weight excluding hydrogens is 296 g/mol. The van der Waals surface area contributed by atoms with E-state index in [0.29, 0.717) is 6.61 Å². The van der Waals surface area contributed by atoms with Gasteiger partial charge in [-0.3, -0.25) is 4.79 Å². The Hall–Kier alpha value is -2.87. The fourth-order valence-electron chi connectivity index (χ4n) is 3.78. The Bertz CT molecular complexity index is 786. The first-order chi connectivity index (χ1) is 11.8. The second kappa shape index (κ2) is 5.97. The molecule has 0 spiro atoms. The molecule has 3 aromatic rings. The standard InChI is InChI=1S/C22H18O2/c23-21-22(18-12-6-2-7-13-18,19-14-8-3-9-15-19)20(16-24-21)17-10-4-1-5-11-17/h1-15,20H,16H2. The van der Waals surface area contributed by atoms with Gasteiger partial charge in [-0.25, -0.2) is 0 Å². The topological polar surface area (TPSA) is 26.3 Å². The number of carbonyl (C=O) groups is 1. The number of cyclic esters (lactones) is 1. The van der Waals surface area contributed by atoms with Crippen LogP contribution in [0.2, 0.25) is 0 Å². The Morgan fingerprint density at radius 2 is 1.17 bits per heavy atom. The van der Waals surface area contributed by atoms with E-state index in [9.17, 15) is 4.79 Å². The van der Waals surface area contributed by atoms with Crippen LogP contribution in [0.4, 0.5) is 0 Å². The van der Waals surface area contributed by atoms with Gasteiger partial charge in [0, 0.05) is 5.92 Å². The van der Waals surface area contributed by atoms with Crippen molar-refractivity contribution in [1.29, 1.82) is 0 Å². The average Bonchev–Trinajstić information content (AvgIpc) is 3.02. The Kier molecular flexibility index (Phi) is 3.66. The molecule has 0 aliphatic carbocycles. The minimum atomic E-state index is -0.802. The van der Waals surface area contributed by atoms with Crippen LogP contribution >= 0.6 is 0 Å². The predicted octanol–water partition coefficient (Wildman–Crippen LogP) is 4.31. The van der Waals surface area contributed by atoms with Gasteiger partial charge in [0.1, 0.15) is 5.41 Å². The summed E-state index contributed by atoms with van der Waals surface area (Å²) in [5.74, 6) is -0.218. The smallest absolute Gasteiger partial charge is 0.321 e. The Morgan fingerprint density at radius 3 is 1.67 bits per heavy atom. The van der Waals surface area contributed by atoms with Crippen LogP contribution in [0, 0.1) is 0 Å². The van der Waals surface area contributed by atoms with Crippen LogP contribution in [0.15, 0.2) is 91.0 Å². The molecule has 0 aromatic heterocycles. The Labute approximate surface area is 141 Å². The van der Waals surface area contributed by atoms with Gasteiger partial charge in [-0.05, 0) is 16.7 Å². The van der Waals surface area contributed by atoms with Crippen LogP contribution in [0.1, 0.15) is 22.6 Å². The van der Waals surface area contributed by atoms with E-state index >= 15 is 0 Å². The van der Waals surface area contributed by atoms with E-state index < -0.39 is 5.41 Å². The lowest BCUT2D eigenvalue weighted by Gasteiger charge is -2.32. The number of rotatable bonds is 3. The SMILES string of the molecule is O=C1OCC(c2ccccc2)C1(c1ccccc1)c1ccccc1. The van der Waals surface area contributed by atoms with Gasteiger partial charge in [0.2, 0.25) is 0 Å². The summed E-state index contributed by atoms with van der Waals surface area (Å²) in [6.07, 6.45) is 0. The molecular formula is C22H18O2. The molecule has 0 radical (unpaired) electrons. The van der Waals surface area contributed by atoms with Crippen LogP contribution in [0.25, 0.3) is 0 Å². The molecule has 0 saturated carbocycles. The lowest BCUT2D eigenvalue weighted by atomic mass is 9.65. The van der Waals surface area contributed by atoms with Crippen LogP contribution in [-0.4, -0.2) is 12.6 Å². The molecule has 1 atom stereocenters. The highest BCUT2D eigenvalue weighted by Gasteiger charge is 2.55. The summed E-state index contributed by atoms with van der Waals surface area (Å²) in [5.41, 5.74) is 2.28. The summed E-state index contributed by atoms with van der Waals surface area (Å²) in [7, 11) is 0. The van der Waals surface area contributed by atoms with Crippen LogP contribution in [0.5, 0.6) is 0 Å². The molecule has 2 heteroatoms. The van der Waals surface area contributed by atoms with E-state index in [1.807, 2.05) is 78.9 Å². The molecule has 0 N–H and O–H groups in total. The zero-order valence-corrected chi connectivity index (χ0v) is 13.3. The molecule has 1 saturated heterocycles. The van der Waals surface area contributed by atoms with Crippen molar-refractivity contribution in [3.63, 3.8) is 0 Å². The molecule has 118 valence electrons. The highest BCUT2D eigenvalue weighted by Crippen LogP contribution is 2.49. The maximum absolute atomic E-state index is 13.1. The minimum Gasteiger partial charge on any atom is -0.464 e. The molecule has 1 aliphatic heterocycles. The van der Waals surface area contributed by atoms with Gasteiger partial charge in [0.05, 0.1) is 6.61 Å². The van der Waals surface area contributed by atoms with Crippen LogP contribution < -0.4 is 0 Å². The van der Waals surface area contributed by atoms with Crippen molar-refractivity contribution < 1.29 is 9.53 Å². The quantitative estimate of drug-likeness (QED) is 0.673. The largest absolute Gasteiger partial charge is 0.464 e. The number of carbonyl (C=O) groups excluding carboxylic acids is 1. The van der Waals surface area contributed by atoms with E-state index in [1.165, 1.54) is 0 Å². The molecule has 1 aliphatic rings. The van der Waals surface area contributed by atoms with Gasteiger partial charge in [-0.1, -0.05) is 91.0 Å². The van der Waals surface area contributed by atoms with Crippen molar-refractivity contribution >= 4 is 5.97 Å². The summed E-state index contributed by atoms with van der Waals surface area (Å²) in [6.45, 7) is 0.395. The lowest BCUT2D eigenvalue weighted by molar-refractivity contribution is -0.141. The summed E-state index contributed by atoms with van der Waals surface area (Å²) in [4.78, 5) is 13.1. The second-order valence-corrected chi connectivity index (χ2v) is 6.10. The van der Waals surface area contributed by atoms with Crippen molar-refractivity contribution in [1.82, 2.24) is 0 Å². The first-order valence-corrected chi connectivity index (χ1v) is 8.16. The Balaban J connectivity index is 1.99. The van der Waals surface area contributed by atoms with Gasteiger partial charge >= 0.3 is 5.97 Å². The fourth-order valence-corrected chi connectivity index (χ4v) is 3.78. The number of benzene rings is 3. The molecule has 0 amide bonds. The van der Waals surface area contributed by atoms with Gasteiger partial charge in [-0.15, -0.1) is 0 Å². The molecule has 1 heterocycles. The van der Waals surface area contributed by atoms with E-state index in [1.54, 1.807) is 0 Å². The van der Waals surface area contributed by atoms with Crippen LogP contribution in [-0.2, 0) is 14.9 Å². The average molecular weight is 314 g/mol. The summed E-state index contributed by atoms with van der Waals surface area (Å²) in [6, 6.07) is 30.1. The van der Waals surface area contributed by atoms with Crippen molar-refractivity contribution in [2.75, 3.05) is 6.61 Å². The monoisotopic (exact) mass is 314 g/mol. The number of ether oxygens (including phenoxy) is 1. The molecule has 24 heavy (non-hydrogen) atoms. The third-order valence-electron chi connectivity index (χ3n) is 4.89. The van der Waals surface area contributed by atoms with Crippen LogP contribution in [0.3, 0.4) is 0 Å². The van der Waals surface area contributed by atoms with Gasteiger partial charge < -0.3 is 4.74 Å². The third kappa shape index (κ3) is 2.15. The zero-order chi connectivity index (χ0) is 16.4.